The molecule has 1 unspecified atom stereocenters. The summed E-state index contributed by atoms with van der Waals surface area (Å²) in [5.74, 6) is -0.302. The zero-order valence-corrected chi connectivity index (χ0v) is 15.6. The van der Waals surface area contributed by atoms with E-state index < -0.39 is 23.9 Å². The summed E-state index contributed by atoms with van der Waals surface area (Å²) in [7, 11) is 0. The predicted molar refractivity (Wildman–Crippen MR) is 102 cm³/mol. The van der Waals surface area contributed by atoms with E-state index in [4.69, 9.17) is 5.73 Å². The van der Waals surface area contributed by atoms with Crippen molar-refractivity contribution in [2.75, 3.05) is 6.61 Å². The number of aliphatic hydroxyl groups excluding tert-OH is 1. The maximum atomic E-state index is 13.4. The standard InChI is InChI=1S/C19H16F4N6O/c1-9-6-11(7-13(25-9)19(21,22)23)15-16(10-2-4-12(20)5-3-10)27-18(24)29-17(15)26-14(8-30)28-29/h2-7,14,28,30H,8H2,1H3,(H2,24,27). The first-order valence-electron chi connectivity index (χ1n) is 8.83. The van der Waals surface area contributed by atoms with Crippen LogP contribution in [0.2, 0.25) is 0 Å². The second-order valence-electron chi connectivity index (χ2n) is 6.70. The van der Waals surface area contributed by atoms with Gasteiger partial charge in [0, 0.05) is 11.3 Å². The van der Waals surface area contributed by atoms with Crippen LogP contribution in [0.5, 0.6) is 0 Å². The van der Waals surface area contributed by atoms with Crippen LogP contribution >= 0.6 is 0 Å². The van der Waals surface area contributed by atoms with Crippen molar-refractivity contribution >= 4 is 23.1 Å². The van der Waals surface area contributed by atoms with Gasteiger partial charge >= 0.3 is 6.18 Å². The molecule has 30 heavy (non-hydrogen) atoms. The van der Waals surface area contributed by atoms with Crippen LogP contribution in [0, 0.1) is 12.7 Å². The van der Waals surface area contributed by atoms with E-state index in [0.29, 0.717) is 5.56 Å². The summed E-state index contributed by atoms with van der Waals surface area (Å²) in [4.78, 5) is 12.2. The van der Waals surface area contributed by atoms with E-state index in [1.54, 1.807) is 0 Å². The number of hydrazine groups is 1. The van der Waals surface area contributed by atoms with Crippen LogP contribution in [0.4, 0.5) is 17.6 Å². The minimum absolute atomic E-state index is 0.0189. The molecule has 0 amide bonds. The van der Waals surface area contributed by atoms with Crippen molar-refractivity contribution < 1.29 is 22.7 Å². The molecule has 4 rings (SSSR count). The lowest BCUT2D eigenvalue weighted by atomic mass is 9.96. The topological polar surface area (TPSA) is 99.1 Å². The molecule has 1 aromatic carbocycles. The van der Waals surface area contributed by atoms with E-state index in [1.807, 2.05) is 0 Å². The molecule has 0 bridgehead atoms. The maximum absolute atomic E-state index is 13.4. The number of guanidine groups is 1. The molecule has 0 radical (unpaired) electrons. The van der Waals surface area contributed by atoms with Crippen molar-refractivity contribution in [3.63, 3.8) is 0 Å². The van der Waals surface area contributed by atoms with Crippen LogP contribution in [0.3, 0.4) is 0 Å². The first kappa shape index (κ1) is 20.0. The number of pyridine rings is 1. The van der Waals surface area contributed by atoms with E-state index in [-0.39, 0.29) is 40.9 Å². The van der Waals surface area contributed by atoms with Crippen molar-refractivity contribution in [3.8, 4) is 0 Å². The molecule has 7 nitrogen and oxygen atoms in total. The number of nitrogens with zero attached hydrogens (tertiary/aromatic N) is 4. The van der Waals surface area contributed by atoms with Crippen LogP contribution in [0.1, 0.15) is 22.5 Å². The third kappa shape index (κ3) is 3.53. The minimum Gasteiger partial charge on any atom is -0.393 e. The first-order valence-corrected chi connectivity index (χ1v) is 8.83. The summed E-state index contributed by atoms with van der Waals surface area (Å²) in [6.07, 6.45) is -5.40. The number of aliphatic hydroxyl groups is 1. The lowest BCUT2D eigenvalue weighted by Gasteiger charge is -2.27. The van der Waals surface area contributed by atoms with Gasteiger partial charge in [-0.15, -0.1) is 0 Å². The summed E-state index contributed by atoms with van der Waals surface area (Å²) in [5, 5.41) is 10.8. The number of benzene rings is 1. The van der Waals surface area contributed by atoms with Gasteiger partial charge in [0.05, 0.1) is 17.9 Å². The Morgan fingerprint density at radius 2 is 1.87 bits per heavy atom. The van der Waals surface area contributed by atoms with Gasteiger partial charge in [0.25, 0.3) is 0 Å². The van der Waals surface area contributed by atoms with Crippen molar-refractivity contribution in [2.24, 2.45) is 15.7 Å². The molecule has 2 aliphatic heterocycles. The average molecular weight is 420 g/mol. The molecule has 0 spiro atoms. The summed E-state index contributed by atoms with van der Waals surface area (Å²) >= 11 is 0. The molecular weight excluding hydrogens is 404 g/mol. The fraction of sp³-hybridized carbons (Fsp3) is 0.211. The monoisotopic (exact) mass is 420 g/mol. The zero-order valence-electron chi connectivity index (χ0n) is 15.6. The van der Waals surface area contributed by atoms with E-state index in [9.17, 15) is 22.7 Å². The second-order valence-corrected chi connectivity index (χ2v) is 6.70. The maximum Gasteiger partial charge on any atom is 0.433 e. The van der Waals surface area contributed by atoms with Gasteiger partial charge in [-0.05, 0) is 48.9 Å². The van der Waals surface area contributed by atoms with Crippen molar-refractivity contribution in [1.29, 1.82) is 0 Å². The Bertz CT molecular complexity index is 1090. The molecule has 4 N–H and O–H groups in total. The van der Waals surface area contributed by atoms with Gasteiger partial charge in [-0.2, -0.15) is 18.6 Å². The highest BCUT2D eigenvalue weighted by atomic mass is 19.4. The van der Waals surface area contributed by atoms with Crippen LogP contribution in [0.15, 0.2) is 46.4 Å². The number of aryl methyl sites for hydroxylation is 1. The Morgan fingerprint density at radius 1 is 1.17 bits per heavy atom. The van der Waals surface area contributed by atoms with Gasteiger partial charge < -0.3 is 10.8 Å². The molecular formula is C19H16F4N6O. The van der Waals surface area contributed by atoms with Gasteiger partial charge in [-0.1, -0.05) is 0 Å². The SMILES string of the molecule is Cc1cc(C2=C(c3ccc(F)cc3)N=C(N)N3NC(CO)N=C23)cc(C(F)(F)F)n1. The third-order valence-corrected chi connectivity index (χ3v) is 4.51. The molecule has 2 aliphatic rings. The average Bonchev–Trinajstić information content (AvgIpc) is 3.12. The molecule has 0 saturated heterocycles. The van der Waals surface area contributed by atoms with Gasteiger partial charge in [-0.3, -0.25) is 0 Å². The van der Waals surface area contributed by atoms with Crippen LogP contribution in [-0.4, -0.2) is 39.7 Å². The highest BCUT2D eigenvalue weighted by molar-refractivity contribution is 6.35. The highest BCUT2D eigenvalue weighted by Gasteiger charge is 2.38. The van der Waals surface area contributed by atoms with Crippen LogP contribution in [0.25, 0.3) is 11.3 Å². The van der Waals surface area contributed by atoms with Crippen molar-refractivity contribution in [2.45, 2.75) is 19.3 Å². The summed E-state index contributed by atoms with van der Waals surface area (Å²) in [6, 6.07) is 7.68. The van der Waals surface area contributed by atoms with Gasteiger partial charge in [0.1, 0.15) is 17.7 Å². The number of hydrogen-bond acceptors (Lipinski definition) is 7. The third-order valence-electron chi connectivity index (χ3n) is 4.51. The zero-order chi connectivity index (χ0) is 21.6. The number of nitrogens with two attached hydrogens (primary N) is 1. The quantitative estimate of drug-likeness (QED) is 0.662. The Kier molecular flexibility index (Phi) is 4.79. The molecule has 0 fully saturated rings. The normalized spacial score (nSPS) is 19.0. The minimum atomic E-state index is -4.66. The molecule has 156 valence electrons. The molecule has 0 aliphatic carbocycles. The lowest BCUT2D eigenvalue weighted by molar-refractivity contribution is -0.141. The molecule has 1 atom stereocenters. The molecule has 1 aromatic heterocycles. The number of amidine groups is 1. The van der Waals surface area contributed by atoms with Crippen molar-refractivity contribution in [1.82, 2.24) is 15.4 Å². The molecule has 3 heterocycles. The van der Waals surface area contributed by atoms with E-state index in [2.05, 4.69) is 20.4 Å². The van der Waals surface area contributed by atoms with Crippen molar-refractivity contribution in [3.05, 3.63) is 64.7 Å². The summed E-state index contributed by atoms with van der Waals surface area (Å²) in [6.45, 7) is 1.08. The number of hydrogen-bond donors (Lipinski definition) is 3. The number of nitrogens with one attached hydrogen (secondary N) is 1. The molecule has 2 aromatic rings. The Balaban J connectivity index is 2.00. The fourth-order valence-electron chi connectivity index (χ4n) is 3.24. The number of rotatable bonds is 3. The Labute approximate surface area is 168 Å². The number of halogens is 4. The van der Waals surface area contributed by atoms with E-state index in [0.717, 1.165) is 6.07 Å². The number of aromatic nitrogens is 1. The van der Waals surface area contributed by atoms with E-state index >= 15 is 0 Å². The fourth-order valence-corrected chi connectivity index (χ4v) is 3.24. The summed E-state index contributed by atoms with van der Waals surface area (Å²) in [5.41, 5.74) is 8.98. The number of aliphatic imine (C=N–C) groups is 2. The highest BCUT2D eigenvalue weighted by Crippen LogP contribution is 2.37. The number of fused-ring (bicyclic) bond motifs is 1. The second kappa shape index (κ2) is 7.18. The molecule has 11 heteroatoms. The predicted octanol–water partition coefficient (Wildman–Crippen LogP) is 2.28. The van der Waals surface area contributed by atoms with Gasteiger partial charge in [0.15, 0.2) is 5.84 Å². The molecule has 0 saturated carbocycles. The lowest BCUT2D eigenvalue weighted by Crippen LogP contribution is -2.51. The smallest absolute Gasteiger partial charge is 0.393 e. The van der Waals surface area contributed by atoms with Crippen LogP contribution < -0.4 is 11.2 Å². The summed E-state index contributed by atoms with van der Waals surface area (Å²) < 4.78 is 53.5. The largest absolute Gasteiger partial charge is 0.433 e. The van der Waals surface area contributed by atoms with Gasteiger partial charge in [-0.25, -0.2) is 24.4 Å². The van der Waals surface area contributed by atoms with E-state index in [1.165, 1.54) is 42.3 Å². The Hall–Kier alpha value is -3.31. The van der Waals surface area contributed by atoms with Crippen LogP contribution in [-0.2, 0) is 6.18 Å². The van der Waals surface area contributed by atoms with Gasteiger partial charge in [0.2, 0.25) is 5.96 Å². The number of alkyl halides is 3. The Morgan fingerprint density at radius 3 is 2.50 bits per heavy atom. The first-order chi connectivity index (χ1) is 14.2.